The number of phenolic OH excluding ortho intramolecular Hbond substituents is 1. The Bertz CT molecular complexity index is 385. The van der Waals surface area contributed by atoms with Gasteiger partial charge in [0.05, 0.1) is 6.61 Å². The molecule has 0 aromatic heterocycles. The molecule has 1 aromatic carbocycles. The van der Waals surface area contributed by atoms with Crippen molar-refractivity contribution in [3.63, 3.8) is 0 Å². The Hall–Kier alpha value is -1.84. The molecule has 0 saturated heterocycles. The van der Waals surface area contributed by atoms with Crippen LogP contribution >= 0.6 is 0 Å². The van der Waals surface area contributed by atoms with Gasteiger partial charge in [-0.3, -0.25) is 0 Å². The summed E-state index contributed by atoms with van der Waals surface area (Å²) in [7, 11) is 0. The molecule has 3 nitrogen and oxygen atoms in total. The Morgan fingerprint density at radius 2 is 2.33 bits per heavy atom. The molecular weight excluding hydrogens is 199 g/mol. The van der Waals surface area contributed by atoms with Gasteiger partial charge in [0.1, 0.15) is 11.6 Å². The van der Waals surface area contributed by atoms with Gasteiger partial charge in [-0.2, -0.15) is 0 Å². The second kappa shape index (κ2) is 5.14. The lowest BCUT2D eigenvalue weighted by atomic mass is 10.2. The third-order valence-electron chi connectivity index (χ3n) is 1.68. The van der Waals surface area contributed by atoms with E-state index >= 15 is 0 Å². The predicted octanol–water partition coefficient (Wildman–Crippen LogP) is 2.11. The minimum absolute atomic E-state index is 0.212. The van der Waals surface area contributed by atoms with Crippen LogP contribution in [0.4, 0.5) is 4.39 Å². The molecule has 1 N–H and O–H groups in total. The summed E-state index contributed by atoms with van der Waals surface area (Å²) in [5.74, 6) is -1.24. The zero-order valence-corrected chi connectivity index (χ0v) is 8.24. The van der Waals surface area contributed by atoms with Gasteiger partial charge in [-0.15, -0.1) is 0 Å². The highest BCUT2D eigenvalue weighted by Gasteiger charge is 2.00. The number of ether oxygens (including phenoxy) is 1. The van der Waals surface area contributed by atoms with Crippen LogP contribution in [0, 0.1) is 5.82 Å². The van der Waals surface area contributed by atoms with Crippen molar-refractivity contribution in [3.8, 4) is 5.75 Å². The van der Waals surface area contributed by atoms with E-state index in [1.54, 1.807) is 6.92 Å². The van der Waals surface area contributed by atoms with E-state index in [0.29, 0.717) is 12.2 Å². The van der Waals surface area contributed by atoms with E-state index in [9.17, 15) is 14.3 Å². The molecule has 0 spiro atoms. The highest BCUT2D eigenvalue weighted by molar-refractivity contribution is 5.87. The average molecular weight is 210 g/mol. The molecule has 0 aliphatic heterocycles. The van der Waals surface area contributed by atoms with E-state index in [2.05, 4.69) is 4.74 Å². The van der Waals surface area contributed by atoms with Crippen molar-refractivity contribution in [2.45, 2.75) is 6.92 Å². The minimum Gasteiger partial charge on any atom is -0.507 e. The molecule has 0 unspecified atom stereocenters. The molecule has 0 amide bonds. The van der Waals surface area contributed by atoms with Gasteiger partial charge < -0.3 is 9.84 Å². The fourth-order valence-corrected chi connectivity index (χ4v) is 1.01. The first-order valence-electron chi connectivity index (χ1n) is 4.47. The first kappa shape index (κ1) is 11.2. The zero-order valence-electron chi connectivity index (χ0n) is 8.24. The topological polar surface area (TPSA) is 46.5 Å². The first-order chi connectivity index (χ1) is 7.13. The van der Waals surface area contributed by atoms with Gasteiger partial charge in [-0.05, 0) is 25.1 Å². The number of rotatable bonds is 3. The van der Waals surface area contributed by atoms with Gasteiger partial charge >= 0.3 is 5.97 Å². The number of halogens is 1. The van der Waals surface area contributed by atoms with Gasteiger partial charge in [0.25, 0.3) is 0 Å². The van der Waals surface area contributed by atoms with Crippen molar-refractivity contribution in [3.05, 3.63) is 35.7 Å². The molecule has 0 radical (unpaired) electrons. The molecule has 80 valence electrons. The van der Waals surface area contributed by atoms with Crippen molar-refractivity contribution in [1.29, 1.82) is 0 Å². The summed E-state index contributed by atoms with van der Waals surface area (Å²) in [6, 6.07) is 3.55. The van der Waals surface area contributed by atoms with E-state index in [-0.39, 0.29) is 5.75 Å². The maximum Gasteiger partial charge on any atom is 0.330 e. The molecule has 1 rings (SSSR count). The summed E-state index contributed by atoms with van der Waals surface area (Å²) >= 11 is 0. The van der Waals surface area contributed by atoms with Crippen LogP contribution < -0.4 is 0 Å². The highest BCUT2D eigenvalue weighted by atomic mass is 19.1. The fourth-order valence-electron chi connectivity index (χ4n) is 1.01. The molecule has 0 fully saturated rings. The van der Waals surface area contributed by atoms with Gasteiger partial charge in [-0.1, -0.05) is 0 Å². The van der Waals surface area contributed by atoms with Gasteiger partial charge in [0.2, 0.25) is 0 Å². The van der Waals surface area contributed by atoms with E-state index in [1.807, 2.05) is 0 Å². The zero-order chi connectivity index (χ0) is 11.3. The van der Waals surface area contributed by atoms with Crippen LogP contribution in [0.1, 0.15) is 12.5 Å². The summed E-state index contributed by atoms with van der Waals surface area (Å²) < 4.78 is 17.2. The Morgan fingerprint density at radius 3 is 2.93 bits per heavy atom. The molecule has 0 bridgehead atoms. The SMILES string of the molecule is CCOC(=O)C=Cc1ccc(F)cc1O. The van der Waals surface area contributed by atoms with Crippen LogP contribution in [0.3, 0.4) is 0 Å². The van der Waals surface area contributed by atoms with Crippen LogP contribution in [-0.2, 0) is 9.53 Å². The number of phenols is 1. The third-order valence-corrected chi connectivity index (χ3v) is 1.68. The minimum atomic E-state index is -0.527. The summed E-state index contributed by atoms with van der Waals surface area (Å²) in [5, 5.41) is 9.29. The molecule has 0 heterocycles. The van der Waals surface area contributed by atoms with E-state index in [4.69, 9.17) is 0 Å². The number of carbonyl (C=O) groups is 1. The van der Waals surface area contributed by atoms with Crippen LogP contribution in [0.5, 0.6) is 5.75 Å². The number of aromatic hydroxyl groups is 1. The molecule has 0 saturated carbocycles. The van der Waals surface area contributed by atoms with Crippen LogP contribution in [0.2, 0.25) is 0 Å². The molecule has 0 atom stereocenters. The Morgan fingerprint density at radius 1 is 1.60 bits per heavy atom. The maximum absolute atomic E-state index is 12.6. The van der Waals surface area contributed by atoms with E-state index in [1.165, 1.54) is 24.3 Å². The Kier molecular flexibility index (Phi) is 3.85. The average Bonchev–Trinajstić information content (AvgIpc) is 2.17. The molecule has 0 aliphatic rings. The quantitative estimate of drug-likeness (QED) is 0.614. The lowest BCUT2D eigenvalue weighted by molar-refractivity contribution is -0.137. The van der Waals surface area contributed by atoms with Crippen molar-refractivity contribution < 1.29 is 19.0 Å². The van der Waals surface area contributed by atoms with Crippen molar-refractivity contribution >= 4 is 12.0 Å². The standard InChI is InChI=1S/C11H11FO3/c1-2-15-11(14)6-4-8-3-5-9(12)7-10(8)13/h3-7,13H,2H2,1H3. The monoisotopic (exact) mass is 210 g/mol. The molecular formula is C11H11FO3. The predicted molar refractivity (Wildman–Crippen MR) is 53.7 cm³/mol. The van der Waals surface area contributed by atoms with E-state index in [0.717, 1.165) is 6.07 Å². The van der Waals surface area contributed by atoms with Crippen LogP contribution in [0.25, 0.3) is 6.08 Å². The van der Waals surface area contributed by atoms with Crippen LogP contribution in [0.15, 0.2) is 24.3 Å². The molecule has 4 heteroatoms. The lowest BCUT2D eigenvalue weighted by Crippen LogP contribution is -1.98. The number of benzene rings is 1. The summed E-state index contributed by atoms with van der Waals surface area (Å²) in [6.45, 7) is 1.99. The maximum atomic E-state index is 12.6. The highest BCUT2D eigenvalue weighted by Crippen LogP contribution is 2.19. The summed E-state index contributed by atoms with van der Waals surface area (Å²) in [5.41, 5.74) is 0.365. The second-order valence-corrected chi connectivity index (χ2v) is 2.79. The second-order valence-electron chi connectivity index (χ2n) is 2.79. The number of esters is 1. The summed E-state index contributed by atoms with van der Waals surface area (Å²) in [6.07, 6.45) is 2.54. The normalized spacial score (nSPS) is 10.5. The van der Waals surface area contributed by atoms with Gasteiger partial charge in [0, 0.05) is 17.7 Å². The van der Waals surface area contributed by atoms with Crippen molar-refractivity contribution in [1.82, 2.24) is 0 Å². The van der Waals surface area contributed by atoms with Crippen molar-refractivity contribution in [2.24, 2.45) is 0 Å². The molecule has 15 heavy (non-hydrogen) atoms. The van der Waals surface area contributed by atoms with Crippen LogP contribution in [-0.4, -0.2) is 17.7 Å². The van der Waals surface area contributed by atoms with E-state index < -0.39 is 11.8 Å². The number of hydrogen-bond acceptors (Lipinski definition) is 3. The Labute approximate surface area is 86.8 Å². The fraction of sp³-hybridized carbons (Fsp3) is 0.182. The Balaban J connectivity index is 2.76. The van der Waals surface area contributed by atoms with Crippen molar-refractivity contribution in [2.75, 3.05) is 6.61 Å². The third kappa shape index (κ3) is 3.42. The summed E-state index contributed by atoms with van der Waals surface area (Å²) in [4.78, 5) is 10.9. The molecule has 1 aromatic rings. The molecule has 0 aliphatic carbocycles. The van der Waals surface area contributed by atoms with Gasteiger partial charge in [0.15, 0.2) is 0 Å². The lowest BCUT2D eigenvalue weighted by Gasteiger charge is -1.98. The largest absolute Gasteiger partial charge is 0.507 e. The van der Waals surface area contributed by atoms with Gasteiger partial charge in [-0.25, -0.2) is 9.18 Å². The first-order valence-corrected chi connectivity index (χ1v) is 4.47. The number of hydrogen-bond donors (Lipinski definition) is 1. The smallest absolute Gasteiger partial charge is 0.330 e. The number of carbonyl (C=O) groups excluding carboxylic acids is 1.